The maximum Gasteiger partial charge on any atom is 0.161 e. The zero-order valence-corrected chi connectivity index (χ0v) is 18.9. The van der Waals surface area contributed by atoms with Crippen molar-refractivity contribution in [3.05, 3.63) is 48.2 Å². The molecule has 2 aromatic carbocycles. The molecule has 0 aliphatic carbocycles. The number of aryl methyl sites for hydroxylation is 2. The molecule has 0 atom stereocenters. The summed E-state index contributed by atoms with van der Waals surface area (Å²) in [6, 6.07) is 12.7. The van der Waals surface area contributed by atoms with E-state index in [1.54, 1.807) is 0 Å². The third kappa shape index (κ3) is 4.09. The Morgan fingerprint density at radius 2 is 1.29 bits per heavy atom. The van der Waals surface area contributed by atoms with Crippen LogP contribution in [0.3, 0.4) is 0 Å². The number of hydrogen-bond acceptors (Lipinski definition) is 4. The molecule has 0 N–H and O–H groups in total. The molecule has 31 heavy (non-hydrogen) atoms. The van der Waals surface area contributed by atoms with E-state index < -0.39 is 0 Å². The maximum atomic E-state index is 5.92. The van der Waals surface area contributed by atoms with E-state index in [1.165, 1.54) is 22.4 Å². The number of rotatable bonds is 9. The van der Waals surface area contributed by atoms with E-state index in [-0.39, 0.29) is 0 Å². The maximum absolute atomic E-state index is 5.92. The van der Waals surface area contributed by atoms with Gasteiger partial charge in [-0.1, -0.05) is 6.07 Å². The predicted octanol–water partition coefficient (Wildman–Crippen LogP) is 5.97. The molecule has 5 nitrogen and oxygen atoms in total. The van der Waals surface area contributed by atoms with Gasteiger partial charge in [0.1, 0.15) is 0 Å². The molecule has 4 rings (SSSR count). The van der Waals surface area contributed by atoms with Crippen molar-refractivity contribution in [2.75, 3.05) is 26.4 Å². The van der Waals surface area contributed by atoms with Crippen molar-refractivity contribution in [2.24, 2.45) is 0 Å². The van der Waals surface area contributed by atoms with E-state index in [0.29, 0.717) is 26.4 Å². The average molecular weight is 422 g/mol. The molecule has 3 aromatic rings. The van der Waals surface area contributed by atoms with Gasteiger partial charge in [-0.05, 0) is 75.6 Å². The lowest BCUT2D eigenvalue weighted by molar-refractivity contribution is 0.287. The topological polar surface area (TPSA) is 41.9 Å². The van der Waals surface area contributed by atoms with Gasteiger partial charge in [0.15, 0.2) is 23.0 Å². The third-order valence-electron chi connectivity index (χ3n) is 5.46. The first-order valence-corrected chi connectivity index (χ1v) is 11.2. The lowest BCUT2D eigenvalue weighted by atomic mass is 9.93. The summed E-state index contributed by atoms with van der Waals surface area (Å²) in [5.74, 6) is 3.18. The number of nitrogens with zero attached hydrogens (tertiary/aromatic N) is 1. The Morgan fingerprint density at radius 3 is 1.97 bits per heavy atom. The van der Waals surface area contributed by atoms with Crippen LogP contribution in [0.5, 0.6) is 23.0 Å². The van der Waals surface area contributed by atoms with E-state index in [1.807, 2.05) is 33.8 Å². The molecule has 0 unspecified atom stereocenters. The second kappa shape index (κ2) is 9.38. The highest BCUT2D eigenvalue weighted by Gasteiger charge is 2.24. The molecule has 0 amide bonds. The van der Waals surface area contributed by atoms with Gasteiger partial charge in [-0.2, -0.15) is 0 Å². The summed E-state index contributed by atoms with van der Waals surface area (Å²) >= 11 is 0. The summed E-state index contributed by atoms with van der Waals surface area (Å²) in [6.45, 7) is 11.3. The Labute approximate surface area is 184 Å². The summed E-state index contributed by atoms with van der Waals surface area (Å²) in [4.78, 5) is 0. The van der Waals surface area contributed by atoms with Crippen LogP contribution >= 0.6 is 0 Å². The van der Waals surface area contributed by atoms with Gasteiger partial charge in [-0.25, -0.2) is 0 Å². The van der Waals surface area contributed by atoms with Crippen molar-refractivity contribution < 1.29 is 18.9 Å². The quantitative estimate of drug-likeness (QED) is 0.427. The summed E-state index contributed by atoms with van der Waals surface area (Å²) in [5, 5.41) is 0. The van der Waals surface area contributed by atoms with Gasteiger partial charge in [0.05, 0.1) is 32.1 Å². The fourth-order valence-electron chi connectivity index (χ4n) is 4.22. The molecule has 1 aliphatic heterocycles. The molecule has 0 spiro atoms. The predicted molar refractivity (Wildman–Crippen MR) is 124 cm³/mol. The fourth-order valence-corrected chi connectivity index (χ4v) is 4.22. The Balaban J connectivity index is 1.82. The molecule has 1 aromatic heterocycles. The van der Waals surface area contributed by atoms with Crippen LogP contribution in [-0.2, 0) is 13.0 Å². The van der Waals surface area contributed by atoms with Crippen LogP contribution in [0.1, 0.15) is 33.3 Å². The van der Waals surface area contributed by atoms with Crippen LogP contribution in [0, 0.1) is 0 Å². The standard InChI is InChI=1S/C26H31NO4/c1-5-28-22-10-9-18(15-23(22)29-6-2)20-12-14-27-13-11-19-16-24(30-7-3)25(31-8-4)17-21(19)26(20)27/h9-10,12,14-17H,5-8,11,13H2,1-4H3. The van der Waals surface area contributed by atoms with E-state index in [0.717, 1.165) is 41.5 Å². The summed E-state index contributed by atoms with van der Waals surface area (Å²) in [5.41, 5.74) is 5.98. The molecule has 0 fully saturated rings. The zero-order valence-electron chi connectivity index (χ0n) is 18.9. The highest BCUT2D eigenvalue weighted by molar-refractivity contribution is 5.86. The molecule has 164 valence electrons. The van der Waals surface area contributed by atoms with Crippen LogP contribution in [0.4, 0.5) is 0 Å². The minimum absolute atomic E-state index is 0.595. The van der Waals surface area contributed by atoms with Gasteiger partial charge >= 0.3 is 0 Å². The first kappa shape index (κ1) is 21.2. The molecule has 1 aliphatic rings. The Morgan fingerprint density at radius 1 is 0.677 bits per heavy atom. The van der Waals surface area contributed by atoms with Crippen LogP contribution in [0.15, 0.2) is 42.6 Å². The van der Waals surface area contributed by atoms with Crippen molar-refractivity contribution in [2.45, 2.75) is 40.7 Å². The number of hydrogen-bond donors (Lipinski definition) is 0. The number of fused-ring (bicyclic) bond motifs is 3. The molecule has 5 heteroatoms. The van der Waals surface area contributed by atoms with Gasteiger partial charge in [0, 0.05) is 23.9 Å². The highest BCUT2D eigenvalue weighted by Crippen LogP contribution is 2.44. The summed E-state index contributed by atoms with van der Waals surface area (Å²) < 4.78 is 25.7. The Bertz CT molecular complexity index is 1050. The SMILES string of the molecule is CCOc1ccc(-c2ccn3c2-c2cc(OCC)c(OCC)cc2CC3)cc1OCC. The Kier molecular flexibility index (Phi) is 6.40. The van der Waals surface area contributed by atoms with Crippen LogP contribution in [0.25, 0.3) is 22.4 Å². The fraction of sp³-hybridized carbons (Fsp3) is 0.385. The molecule has 2 heterocycles. The number of ether oxygens (including phenoxy) is 4. The normalized spacial score (nSPS) is 12.1. The number of benzene rings is 2. The largest absolute Gasteiger partial charge is 0.490 e. The lowest BCUT2D eigenvalue weighted by Crippen LogP contribution is -2.11. The van der Waals surface area contributed by atoms with E-state index in [9.17, 15) is 0 Å². The van der Waals surface area contributed by atoms with Crippen LogP contribution in [-0.4, -0.2) is 31.0 Å². The summed E-state index contributed by atoms with van der Waals surface area (Å²) in [6.07, 6.45) is 3.14. The average Bonchev–Trinajstić information content (AvgIpc) is 3.21. The smallest absolute Gasteiger partial charge is 0.161 e. The first-order chi connectivity index (χ1) is 15.2. The van der Waals surface area contributed by atoms with Gasteiger partial charge in [0.2, 0.25) is 0 Å². The highest BCUT2D eigenvalue weighted by atomic mass is 16.5. The first-order valence-electron chi connectivity index (χ1n) is 11.2. The molecular weight excluding hydrogens is 390 g/mol. The second-order valence-electron chi connectivity index (χ2n) is 7.37. The molecule has 0 saturated carbocycles. The van der Waals surface area contributed by atoms with Crippen molar-refractivity contribution in [1.82, 2.24) is 4.57 Å². The summed E-state index contributed by atoms with van der Waals surface area (Å²) in [7, 11) is 0. The van der Waals surface area contributed by atoms with Gasteiger partial charge in [-0.15, -0.1) is 0 Å². The van der Waals surface area contributed by atoms with Crippen molar-refractivity contribution in [1.29, 1.82) is 0 Å². The van der Waals surface area contributed by atoms with Crippen LogP contribution in [0.2, 0.25) is 0 Å². The van der Waals surface area contributed by atoms with Crippen molar-refractivity contribution >= 4 is 0 Å². The van der Waals surface area contributed by atoms with Gasteiger partial charge in [-0.3, -0.25) is 0 Å². The minimum atomic E-state index is 0.595. The van der Waals surface area contributed by atoms with E-state index in [2.05, 4.69) is 41.1 Å². The third-order valence-corrected chi connectivity index (χ3v) is 5.46. The van der Waals surface area contributed by atoms with Crippen molar-refractivity contribution in [3.8, 4) is 45.4 Å². The molecule has 0 saturated heterocycles. The number of aromatic nitrogens is 1. The second-order valence-corrected chi connectivity index (χ2v) is 7.37. The zero-order chi connectivity index (χ0) is 21.8. The van der Waals surface area contributed by atoms with Crippen LogP contribution < -0.4 is 18.9 Å². The minimum Gasteiger partial charge on any atom is -0.490 e. The molecular formula is C26H31NO4. The van der Waals surface area contributed by atoms with Gasteiger partial charge in [0.25, 0.3) is 0 Å². The monoisotopic (exact) mass is 421 g/mol. The molecule has 0 bridgehead atoms. The van der Waals surface area contributed by atoms with E-state index in [4.69, 9.17) is 18.9 Å². The molecule has 0 radical (unpaired) electrons. The Hall–Kier alpha value is -3.08. The van der Waals surface area contributed by atoms with Crippen molar-refractivity contribution in [3.63, 3.8) is 0 Å². The van der Waals surface area contributed by atoms with Gasteiger partial charge < -0.3 is 23.5 Å². The lowest BCUT2D eigenvalue weighted by Gasteiger charge is -2.23. The van der Waals surface area contributed by atoms with E-state index >= 15 is 0 Å².